The highest BCUT2D eigenvalue weighted by atomic mass is 16.4. The van der Waals surface area contributed by atoms with Gasteiger partial charge >= 0.3 is 12.0 Å². The number of nitrogens with zero attached hydrogens (tertiary/aromatic N) is 1. The van der Waals surface area contributed by atoms with Crippen molar-refractivity contribution in [1.29, 1.82) is 0 Å². The number of hydrogen-bond acceptors (Lipinski definition) is 2. The van der Waals surface area contributed by atoms with Crippen LogP contribution in [0.5, 0.6) is 0 Å². The average Bonchev–Trinajstić information content (AvgIpc) is 2.85. The number of urea groups is 1. The lowest BCUT2D eigenvalue weighted by molar-refractivity contribution is -0.138. The van der Waals surface area contributed by atoms with Gasteiger partial charge in [-0.15, -0.1) is 0 Å². The Morgan fingerprint density at radius 1 is 1.32 bits per heavy atom. The van der Waals surface area contributed by atoms with Crippen LogP contribution in [0, 0.1) is 5.92 Å². The number of nitrogens with one attached hydrogen (secondary N) is 1. The maximum atomic E-state index is 11.9. The fraction of sp³-hybridized carbons (Fsp3) is 0.429. The number of hydrogen-bond donors (Lipinski definition) is 2. The summed E-state index contributed by atoms with van der Waals surface area (Å²) in [6.07, 6.45) is 0.910. The van der Waals surface area contributed by atoms with Crippen molar-refractivity contribution < 1.29 is 14.7 Å². The number of aliphatic carboxylic acids is 1. The van der Waals surface area contributed by atoms with Crippen molar-refractivity contribution in [3.63, 3.8) is 0 Å². The minimum Gasteiger partial charge on any atom is -0.481 e. The van der Waals surface area contributed by atoms with E-state index in [2.05, 4.69) is 5.32 Å². The van der Waals surface area contributed by atoms with Crippen LogP contribution in [0.4, 0.5) is 4.79 Å². The van der Waals surface area contributed by atoms with E-state index >= 15 is 0 Å². The summed E-state index contributed by atoms with van der Waals surface area (Å²) < 4.78 is 0. The quantitative estimate of drug-likeness (QED) is 0.867. The molecule has 1 heterocycles. The van der Waals surface area contributed by atoms with Crippen LogP contribution in [0.25, 0.3) is 0 Å². The molecule has 2 amide bonds. The molecule has 1 aliphatic heterocycles. The van der Waals surface area contributed by atoms with Gasteiger partial charge in [-0.2, -0.15) is 0 Å². The molecule has 1 aliphatic rings. The molecular weight excluding hydrogens is 244 g/mol. The Labute approximate surface area is 112 Å². The summed E-state index contributed by atoms with van der Waals surface area (Å²) >= 11 is 0. The zero-order valence-electron chi connectivity index (χ0n) is 10.7. The Balaban J connectivity index is 1.77. The highest BCUT2D eigenvalue weighted by molar-refractivity contribution is 5.74. The lowest BCUT2D eigenvalue weighted by Crippen LogP contribution is -2.38. The second-order valence-corrected chi connectivity index (χ2v) is 4.84. The Morgan fingerprint density at radius 3 is 2.74 bits per heavy atom. The minimum atomic E-state index is -0.795. The zero-order chi connectivity index (χ0) is 13.7. The largest absolute Gasteiger partial charge is 0.481 e. The van der Waals surface area contributed by atoms with E-state index in [-0.39, 0.29) is 18.4 Å². The number of carbonyl (C=O) groups excluding carboxylic acids is 1. The molecule has 2 rings (SSSR count). The standard InChI is InChI=1S/C14H18N2O3/c17-13(18)8-12-6-7-16(10-12)14(19)15-9-11-4-2-1-3-5-11/h1-5,12H,6-10H2,(H,15,19)(H,17,18). The van der Waals surface area contributed by atoms with Gasteiger partial charge in [0, 0.05) is 26.1 Å². The number of carboxylic acid groups (broad SMARTS) is 1. The Kier molecular flexibility index (Phi) is 4.39. The van der Waals surface area contributed by atoms with Crippen LogP contribution in [0.2, 0.25) is 0 Å². The number of amides is 2. The smallest absolute Gasteiger partial charge is 0.317 e. The highest BCUT2D eigenvalue weighted by Gasteiger charge is 2.27. The maximum Gasteiger partial charge on any atom is 0.317 e. The van der Waals surface area contributed by atoms with Gasteiger partial charge in [0.1, 0.15) is 0 Å². The van der Waals surface area contributed by atoms with E-state index in [1.807, 2.05) is 30.3 Å². The highest BCUT2D eigenvalue weighted by Crippen LogP contribution is 2.19. The van der Waals surface area contributed by atoms with Crippen molar-refractivity contribution in [2.75, 3.05) is 13.1 Å². The van der Waals surface area contributed by atoms with E-state index in [1.165, 1.54) is 0 Å². The first-order chi connectivity index (χ1) is 9.15. The predicted octanol–water partition coefficient (Wildman–Crippen LogP) is 1.69. The number of rotatable bonds is 4. The van der Waals surface area contributed by atoms with Gasteiger partial charge in [-0.3, -0.25) is 4.79 Å². The molecule has 0 radical (unpaired) electrons. The SMILES string of the molecule is O=C(O)CC1CCN(C(=O)NCc2ccccc2)C1. The van der Waals surface area contributed by atoms with Gasteiger partial charge in [-0.25, -0.2) is 4.79 Å². The maximum absolute atomic E-state index is 11.9. The molecule has 1 saturated heterocycles. The lowest BCUT2D eigenvalue weighted by Gasteiger charge is -2.17. The Hall–Kier alpha value is -2.04. The molecule has 1 aromatic carbocycles. The van der Waals surface area contributed by atoms with Crippen molar-refractivity contribution >= 4 is 12.0 Å². The van der Waals surface area contributed by atoms with Crippen molar-refractivity contribution in [2.45, 2.75) is 19.4 Å². The van der Waals surface area contributed by atoms with E-state index in [1.54, 1.807) is 4.90 Å². The normalized spacial score (nSPS) is 18.3. The van der Waals surface area contributed by atoms with E-state index in [0.717, 1.165) is 12.0 Å². The van der Waals surface area contributed by atoms with E-state index < -0.39 is 5.97 Å². The van der Waals surface area contributed by atoms with Gasteiger partial charge in [0.25, 0.3) is 0 Å². The Morgan fingerprint density at radius 2 is 2.05 bits per heavy atom. The van der Waals surface area contributed by atoms with E-state index in [9.17, 15) is 9.59 Å². The van der Waals surface area contributed by atoms with Crippen molar-refractivity contribution in [2.24, 2.45) is 5.92 Å². The second-order valence-electron chi connectivity index (χ2n) is 4.84. The molecule has 19 heavy (non-hydrogen) atoms. The van der Waals surface area contributed by atoms with Gasteiger partial charge in [-0.05, 0) is 17.9 Å². The molecule has 0 aromatic heterocycles. The van der Waals surface area contributed by atoms with Gasteiger partial charge in [0.15, 0.2) is 0 Å². The van der Waals surface area contributed by atoms with Crippen LogP contribution >= 0.6 is 0 Å². The molecule has 5 heteroatoms. The number of carboxylic acids is 1. The van der Waals surface area contributed by atoms with Crippen LogP contribution in [0.15, 0.2) is 30.3 Å². The molecule has 1 unspecified atom stereocenters. The molecule has 102 valence electrons. The summed E-state index contributed by atoms with van der Waals surface area (Å²) in [7, 11) is 0. The summed E-state index contributed by atoms with van der Waals surface area (Å²) in [6.45, 7) is 1.67. The number of carbonyl (C=O) groups is 2. The number of likely N-dealkylation sites (tertiary alicyclic amines) is 1. The van der Waals surface area contributed by atoms with Crippen molar-refractivity contribution in [1.82, 2.24) is 10.2 Å². The molecule has 5 nitrogen and oxygen atoms in total. The molecule has 0 spiro atoms. The lowest BCUT2D eigenvalue weighted by atomic mass is 10.1. The monoisotopic (exact) mass is 262 g/mol. The first-order valence-electron chi connectivity index (χ1n) is 6.43. The summed E-state index contributed by atoms with van der Waals surface area (Å²) in [6, 6.07) is 9.59. The summed E-state index contributed by atoms with van der Waals surface area (Å²) in [5.74, 6) is -0.712. The van der Waals surface area contributed by atoms with Crippen LogP contribution in [0.1, 0.15) is 18.4 Å². The third-order valence-corrected chi connectivity index (χ3v) is 3.32. The third-order valence-electron chi connectivity index (χ3n) is 3.32. The van der Waals surface area contributed by atoms with Gasteiger partial charge in [-0.1, -0.05) is 30.3 Å². The van der Waals surface area contributed by atoms with E-state index in [4.69, 9.17) is 5.11 Å². The van der Waals surface area contributed by atoms with Crippen LogP contribution in [-0.4, -0.2) is 35.1 Å². The molecular formula is C14H18N2O3. The van der Waals surface area contributed by atoms with Gasteiger partial charge in [0.05, 0.1) is 0 Å². The predicted molar refractivity (Wildman–Crippen MR) is 70.6 cm³/mol. The molecule has 2 N–H and O–H groups in total. The molecule has 1 aromatic rings. The summed E-state index contributed by atoms with van der Waals surface area (Å²) in [5, 5.41) is 11.6. The molecule has 1 fully saturated rings. The van der Waals surface area contributed by atoms with Crippen molar-refractivity contribution in [3.05, 3.63) is 35.9 Å². The fourth-order valence-electron chi connectivity index (χ4n) is 2.32. The van der Waals surface area contributed by atoms with Gasteiger partial charge < -0.3 is 15.3 Å². The Bertz CT molecular complexity index is 447. The minimum absolute atomic E-state index is 0.0833. The first kappa shape index (κ1) is 13.4. The van der Waals surface area contributed by atoms with Crippen LogP contribution < -0.4 is 5.32 Å². The molecule has 0 bridgehead atoms. The summed E-state index contributed by atoms with van der Waals surface area (Å²) in [5.41, 5.74) is 1.05. The fourth-order valence-corrected chi connectivity index (χ4v) is 2.32. The zero-order valence-corrected chi connectivity index (χ0v) is 10.7. The molecule has 0 saturated carbocycles. The topological polar surface area (TPSA) is 69.6 Å². The van der Waals surface area contributed by atoms with Gasteiger partial charge in [0.2, 0.25) is 0 Å². The second kappa shape index (κ2) is 6.22. The average molecular weight is 262 g/mol. The van der Waals surface area contributed by atoms with Crippen LogP contribution in [0.3, 0.4) is 0 Å². The van der Waals surface area contributed by atoms with E-state index in [0.29, 0.717) is 19.6 Å². The van der Waals surface area contributed by atoms with Crippen LogP contribution in [-0.2, 0) is 11.3 Å². The number of benzene rings is 1. The van der Waals surface area contributed by atoms with Crippen molar-refractivity contribution in [3.8, 4) is 0 Å². The summed E-state index contributed by atoms with van der Waals surface area (Å²) in [4.78, 5) is 24.2. The molecule has 0 aliphatic carbocycles. The first-order valence-corrected chi connectivity index (χ1v) is 6.43. The molecule has 1 atom stereocenters. The third kappa shape index (κ3) is 3.98.